The number of hydrogen-bond donors (Lipinski definition) is 0. The van der Waals surface area contributed by atoms with Crippen LogP contribution in [-0.2, 0) is 6.54 Å². The number of ether oxygens (including phenoxy) is 1. The second-order valence-corrected chi connectivity index (χ2v) is 8.84. The van der Waals surface area contributed by atoms with Crippen molar-refractivity contribution in [2.75, 3.05) is 38.2 Å². The van der Waals surface area contributed by atoms with Gasteiger partial charge in [0.05, 0.1) is 12.5 Å². The molecule has 3 heterocycles. The Morgan fingerprint density at radius 3 is 2.50 bits per heavy atom. The standard InChI is InChI=1S/C22H28N4OS/c1-14-6-7-19(27-5)18(12-14)13-25-8-10-26(11-9-25)21-20-15(2)16(3)28-22(20)24-17(4)23-21/h6-7,12H,8-11,13H2,1-5H3. The average molecular weight is 397 g/mol. The molecular formula is C22H28N4OS. The van der Waals surface area contributed by atoms with Crippen LogP contribution in [0.15, 0.2) is 18.2 Å². The van der Waals surface area contributed by atoms with Crippen molar-refractivity contribution in [1.29, 1.82) is 0 Å². The third kappa shape index (κ3) is 3.59. The largest absolute Gasteiger partial charge is 0.496 e. The van der Waals surface area contributed by atoms with Crippen molar-refractivity contribution in [3.8, 4) is 5.75 Å². The van der Waals surface area contributed by atoms with Crippen LogP contribution in [0.2, 0.25) is 0 Å². The molecule has 6 heteroatoms. The lowest BCUT2D eigenvalue weighted by Gasteiger charge is -2.36. The summed E-state index contributed by atoms with van der Waals surface area (Å²) >= 11 is 1.78. The van der Waals surface area contributed by atoms with Gasteiger partial charge in [0.2, 0.25) is 0 Å². The number of benzene rings is 1. The Bertz CT molecular complexity index is 1010. The zero-order valence-electron chi connectivity index (χ0n) is 17.4. The van der Waals surface area contributed by atoms with Gasteiger partial charge in [0.1, 0.15) is 22.2 Å². The number of fused-ring (bicyclic) bond motifs is 1. The van der Waals surface area contributed by atoms with Gasteiger partial charge in [-0.05, 0) is 39.3 Å². The van der Waals surface area contributed by atoms with Crippen LogP contribution in [0.5, 0.6) is 5.75 Å². The van der Waals surface area contributed by atoms with Crippen molar-refractivity contribution >= 4 is 27.4 Å². The van der Waals surface area contributed by atoms with Gasteiger partial charge in [-0.1, -0.05) is 17.7 Å². The Morgan fingerprint density at radius 2 is 1.79 bits per heavy atom. The maximum atomic E-state index is 5.56. The number of aryl methyl sites for hydroxylation is 4. The van der Waals surface area contributed by atoms with E-state index in [0.717, 1.165) is 54.9 Å². The van der Waals surface area contributed by atoms with Crippen LogP contribution in [0, 0.1) is 27.7 Å². The van der Waals surface area contributed by atoms with Crippen molar-refractivity contribution in [2.45, 2.75) is 34.2 Å². The fraction of sp³-hybridized carbons (Fsp3) is 0.455. The maximum Gasteiger partial charge on any atom is 0.141 e. The van der Waals surface area contributed by atoms with E-state index in [0.29, 0.717) is 0 Å². The fourth-order valence-corrected chi connectivity index (χ4v) is 5.02. The number of aromatic nitrogens is 2. The predicted octanol–water partition coefficient (Wildman–Crippen LogP) is 4.26. The number of hydrogen-bond acceptors (Lipinski definition) is 6. The molecule has 0 radical (unpaired) electrons. The molecule has 0 bridgehead atoms. The molecule has 1 aliphatic rings. The maximum absolute atomic E-state index is 5.56. The van der Waals surface area contributed by atoms with Gasteiger partial charge in [0.15, 0.2) is 0 Å². The SMILES string of the molecule is COc1ccc(C)cc1CN1CCN(c2nc(C)nc3sc(C)c(C)c23)CC1. The molecule has 0 saturated carbocycles. The van der Waals surface area contributed by atoms with Crippen LogP contribution in [0.4, 0.5) is 5.82 Å². The molecule has 1 fully saturated rings. The molecule has 0 spiro atoms. The third-order valence-electron chi connectivity index (χ3n) is 5.62. The summed E-state index contributed by atoms with van der Waals surface area (Å²) in [7, 11) is 1.75. The smallest absolute Gasteiger partial charge is 0.141 e. The van der Waals surface area contributed by atoms with Crippen LogP contribution >= 0.6 is 11.3 Å². The van der Waals surface area contributed by atoms with Crippen molar-refractivity contribution in [3.63, 3.8) is 0 Å². The van der Waals surface area contributed by atoms with Gasteiger partial charge in [-0.2, -0.15) is 0 Å². The second kappa shape index (κ2) is 7.68. The lowest BCUT2D eigenvalue weighted by Crippen LogP contribution is -2.46. The van der Waals surface area contributed by atoms with Crippen molar-refractivity contribution < 1.29 is 4.74 Å². The molecule has 0 unspecified atom stereocenters. The molecule has 0 amide bonds. The van der Waals surface area contributed by atoms with Crippen LogP contribution in [0.25, 0.3) is 10.2 Å². The molecular weight excluding hydrogens is 368 g/mol. The number of thiophene rings is 1. The lowest BCUT2D eigenvalue weighted by atomic mass is 10.1. The molecule has 2 aromatic heterocycles. The molecule has 28 heavy (non-hydrogen) atoms. The number of nitrogens with zero attached hydrogens (tertiary/aromatic N) is 4. The van der Waals surface area contributed by atoms with Crippen LogP contribution in [0.3, 0.4) is 0 Å². The average Bonchev–Trinajstić information content (AvgIpc) is 2.95. The quantitative estimate of drug-likeness (QED) is 0.659. The first kappa shape index (κ1) is 19.2. The van der Waals surface area contributed by atoms with E-state index in [1.165, 1.54) is 27.0 Å². The summed E-state index contributed by atoms with van der Waals surface area (Å²) in [5.41, 5.74) is 3.86. The van der Waals surface area contributed by atoms with Crippen LogP contribution < -0.4 is 9.64 Å². The number of anilines is 1. The summed E-state index contributed by atoms with van der Waals surface area (Å²) in [6.07, 6.45) is 0. The van der Waals surface area contributed by atoms with Gasteiger partial charge in [-0.15, -0.1) is 11.3 Å². The summed E-state index contributed by atoms with van der Waals surface area (Å²) in [5.74, 6) is 2.94. The van der Waals surface area contributed by atoms with Crippen LogP contribution in [-0.4, -0.2) is 48.2 Å². The van der Waals surface area contributed by atoms with Gasteiger partial charge < -0.3 is 9.64 Å². The van der Waals surface area contributed by atoms with Gasteiger partial charge in [-0.3, -0.25) is 4.90 Å². The van der Waals surface area contributed by atoms with Gasteiger partial charge in [0, 0.05) is 43.2 Å². The zero-order valence-corrected chi connectivity index (χ0v) is 18.2. The lowest BCUT2D eigenvalue weighted by molar-refractivity contribution is 0.245. The molecule has 4 rings (SSSR count). The van der Waals surface area contributed by atoms with E-state index in [1.807, 2.05) is 6.92 Å². The van der Waals surface area contributed by atoms with E-state index < -0.39 is 0 Å². The van der Waals surface area contributed by atoms with Crippen molar-refractivity contribution in [3.05, 3.63) is 45.6 Å². The molecule has 0 atom stereocenters. The van der Waals surface area contributed by atoms with E-state index in [4.69, 9.17) is 9.72 Å². The predicted molar refractivity (Wildman–Crippen MR) is 117 cm³/mol. The second-order valence-electron chi connectivity index (χ2n) is 7.64. The summed E-state index contributed by atoms with van der Waals surface area (Å²) in [5, 5.41) is 1.24. The first-order valence-electron chi connectivity index (χ1n) is 9.81. The molecule has 5 nitrogen and oxygen atoms in total. The fourth-order valence-electron chi connectivity index (χ4n) is 3.95. The first-order valence-corrected chi connectivity index (χ1v) is 10.6. The van der Waals surface area contributed by atoms with Crippen molar-refractivity contribution in [1.82, 2.24) is 14.9 Å². The van der Waals surface area contributed by atoms with E-state index in [1.54, 1.807) is 18.4 Å². The summed E-state index contributed by atoms with van der Waals surface area (Å²) in [4.78, 5) is 16.9. The topological polar surface area (TPSA) is 41.5 Å². The molecule has 0 N–H and O–H groups in total. The normalized spacial score (nSPS) is 15.4. The number of methoxy groups -OCH3 is 1. The minimum Gasteiger partial charge on any atom is -0.496 e. The van der Waals surface area contributed by atoms with Gasteiger partial charge in [0.25, 0.3) is 0 Å². The highest BCUT2D eigenvalue weighted by Crippen LogP contribution is 2.35. The first-order chi connectivity index (χ1) is 13.5. The Kier molecular flexibility index (Phi) is 5.25. The highest BCUT2D eigenvalue weighted by atomic mass is 32.1. The van der Waals surface area contributed by atoms with Gasteiger partial charge in [-0.25, -0.2) is 9.97 Å². The summed E-state index contributed by atoms with van der Waals surface area (Å²) in [6.45, 7) is 13.4. The molecule has 3 aromatic rings. The molecule has 1 aliphatic heterocycles. The minimum atomic E-state index is 0.857. The van der Waals surface area contributed by atoms with Crippen LogP contribution in [0.1, 0.15) is 27.4 Å². The Hall–Kier alpha value is -2.18. The third-order valence-corrected chi connectivity index (χ3v) is 6.72. The van der Waals surface area contributed by atoms with Gasteiger partial charge >= 0.3 is 0 Å². The minimum absolute atomic E-state index is 0.857. The Morgan fingerprint density at radius 1 is 1.04 bits per heavy atom. The monoisotopic (exact) mass is 396 g/mol. The Balaban J connectivity index is 1.52. The van der Waals surface area contributed by atoms with Crippen molar-refractivity contribution in [2.24, 2.45) is 0 Å². The van der Waals surface area contributed by atoms with E-state index in [9.17, 15) is 0 Å². The Labute approximate surface area is 171 Å². The zero-order chi connectivity index (χ0) is 19.8. The number of rotatable bonds is 4. The molecule has 1 saturated heterocycles. The van der Waals surface area contributed by atoms with E-state index in [-0.39, 0.29) is 0 Å². The molecule has 0 aliphatic carbocycles. The number of piperazine rings is 1. The highest BCUT2D eigenvalue weighted by Gasteiger charge is 2.23. The summed E-state index contributed by atoms with van der Waals surface area (Å²) in [6, 6.07) is 6.41. The highest BCUT2D eigenvalue weighted by molar-refractivity contribution is 7.18. The molecule has 148 valence electrons. The van der Waals surface area contributed by atoms with E-state index in [2.05, 4.69) is 53.8 Å². The summed E-state index contributed by atoms with van der Waals surface area (Å²) < 4.78 is 5.56. The van der Waals surface area contributed by atoms with E-state index >= 15 is 0 Å². The molecule has 1 aromatic carbocycles.